The molecule has 2 fully saturated rings. The fourth-order valence-corrected chi connectivity index (χ4v) is 4.63. The van der Waals surface area contributed by atoms with Crippen LogP contribution in [0.5, 0.6) is 11.5 Å². The maximum absolute atomic E-state index is 13.2. The summed E-state index contributed by atoms with van der Waals surface area (Å²) in [5.74, 6) is 0.531. The van der Waals surface area contributed by atoms with Crippen LogP contribution in [0.15, 0.2) is 48.5 Å². The van der Waals surface area contributed by atoms with Gasteiger partial charge in [-0.1, -0.05) is 24.3 Å². The van der Waals surface area contributed by atoms with E-state index < -0.39 is 6.04 Å². The summed E-state index contributed by atoms with van der Waals surface area (Å²) >= 11 is 0. The molecule has 9 heteroatoms. The molecule has 0 spiro atoms. The highest BCUT2D eigenvalue weighted by Gasteiger charge is 2.36. The molecule has 0 unspecified atom stereocenters. The molecule has 2 aromatic rings. The first kappa shape index (κ1) is 24.4. The summed E-state index contributed by atoms with van der Waals surface area (Å²) in [4.78, 5) is 44.5. The van der Waals surface area contributed by atoms with Crippen LogP contribution < -0.4 is 19.7 Å². The predicted octanol–water partition coefficient (Wildman–Crippen LogP) is 1.31. The first-order valence-electron chi connectivity index (χ1n) is 11.9. The van der Waals surface area contributed by atoms with Gasteiger partial charge in [0.05, 0.1) is 27.1 Å². The Morgan fingerprint density at radius 1 is 0.914 bits per heavy atom. The molecule has 2 heterocycles. The van der Waals surface area contributed by atoms with Crippen LogP contribution >= 0.6 is 0 Å². The molecular formula is C26H32N4O5. The molecule has 0 radical (unpaired) electrons. The SMILES string of the molecule is COc1ccc(CC(=O)N2CCNC(=O)[C@H]2CC(=O)N2CCN(c3ccccc3)CC2)cc1OC. The molecule has 0 aromatic heterocycles. The summed E-state index contributed by atoms with van der Waals surface area (Å²) in [5, 5.41) is 2.80. The first-order valence-corrected chi connectivity index (χ1v) is 11.9. The second-order valence-electron chi connectivity index (χ2n) is 8.67. The largest absolute Gasteiger partial charge is 0.493 e. The van der Waals surface area contributed by atoms with E-state index in [9.17, 15) is 14.4 Å². The van der Waals surface area contributed by atoms with Crippen LogP contribution in [0.25, 0.3) is 0 Å². The number of rotatable bonds is 7. The zero-order valence-corrected chi connectivity index (χ0v) is 20.2. The van der Waals surface area contributed by atoms with Crippen molar-refractivity contribution in [2.24, 2.45) is 0 Å². The van der Waals surface area contributed by atoms with Crippen LogP contribution in [0.2, 0.25) is 0 Å². The number of ether oxygens (including phenoxy) is 2. The zero-order chi connectivity index (χ0) is 24.8. The van der Waals surface area contributed by atoms with Crippen molar-refractivity contribution in [3.05, 3.63) is 54.1 Å². The van der Waals surface area contributed by atoms with Crippen LogP contribution in [0.1, 0.15) is 12.0 Å². The van der Waals surface area contributed by atoms with E-state index in [0.29, 0.717) is 37.7 Å². The average Bonchev–Trinajstić information content (AvgIpc) is 2.90. The van der Waals surface area contributed by atoms with Crippen LogP contribution in [0.3, 0.4) is 0 Å². The number of benzene rings is 2. The molecular weight excluding hydrogens is 448 g/mol. The van der Waals surface area contributed by atoms with Crippen LogP contribution in [-0.2, 0) is 20.8 Å². The number of piperazine rings is 2. The molecule has 1 N–H and O–H groups in total. The second-order valence-corrected chi connectivity index (χ2v) is 8.67. The van der Waals surface area contributed by atoms with Crippen LogP contribution in [-0.4, -0.2) is 87.1 Å². The number of para-hydroxylation sites is 1. The van der Waals surface area contributed by atoms with Gasteiger partial charge >= 0.3 is 0 Å². The van der Waals surface area contributed by atoms with Gasteiger partial charge in [0.15, 0.2) is 11.5 Å². The monoisotopic (exact) mass is 480 g/mol. The first-order chi connectivity index (χ1) is 17.0. The molecule has 4 rings (SSSR count). The Bertz CT molecular complexity index is 1050. The highest BCUT2D eigenvalue weighted by molar-refractivity contribution is 5.93. The maximum Gasteiger partial charge on any atom is 0.243 e. The van der Waals surface area contributed by atoms with Crippen molar-refractivity contribution in [1.29, 1.82) is 0 Å². The fourth-order valence-electron chi connectivity index (χ4n) is 4.63. The van der Waals surface area contributed by atoms with E-state index in [1.165, 1.54) is 4.90 Å². The minimum atomic E-state index is -0.809. The van der Waals surface area contributed by atoms with Crippen molar-refractivity contribution in [1.82, 2.24) is 15.1 Å². The molecule has 186 valence electrons. The molecule has 9 nitrogen and oxygen atoms in total. The van der Waals surface area contributed by atoms with Crippen molar-refractivity contribution < 1.29 is 23.9 Å². The Hall–Kier alpha value is -3.75. The van der Waals surface area contributed by atoms with E-state index in [-0.39, 0.29) is 30.6 Å². The van der Waals surface area contributed by atoms with E-state index in [2.05, 4.69) is 22.3 Å². The number of amides is 3. The maximum atomic E-state index is 13.2. The Balaban J connectivity index is 1.38. The zero-order valence-electron chi connectivity index (χ0n) is 20.2. The molecule has 0 saturated carbocycles. The lowest BCUT2D eigenvalue weighted by atomic mass is 10.0. The smallest absolute Gasteiger partial charge is 0.243 e. The summed E-state index contributed by atoms with van der Waals surface area (Å²) in [6.07, 6.45) is 0.0862. The third kappa shape index (κ3) is 5.67. The number of carbonyl (C=O) groups is 3. The van der Waals surface area contributed by atoms with Gasteiger partial charge in [0.1, 0.15) is 6.04 Å². The van der Waals surface area contributed by atoms with Crippen LogP contribution in [0.4, 0.5) is 5.69 Å². The third-order valence-corrected chi connectivity index (χ3v) is 6.58. The predicted molar refractivity (Wildman–Crippen MR) is 132 cm³/mol. The Morgan fingerprint density at radius 2 is 1.63 bits per heavy atom. The van der Waals surface area contributed by atoms with E-state index in [1.807, 2.05) is 18.2 Å². The lowest BCUT2D eigenvalue weighted by Gasteiger charge is -2.39. The Labute approximate surface area is 205 Å². The molecule has 1 atom stereocenters. The summed E-state index contributed by atoms with van der Waals surface area (Å²) < 4.78 is 10.6. The average molecular weight is 481 g/mol. The minimum Gasteiger partial charge on any atom is -0.493 e. The quantitative estimate of drug-likeness (QED) is 0.643. The molecule has 0 aliphatic carbocycles. The molecule has 35 heavy (non-hydrogen) atoms. The van der Waals surface area contributed by atoms with E-state index in [1.54, 1.807) is 37.3 Å². The molecule has 0 bridgehead atoms. The van der Waals surface area contributed by atoms with Gasteiger partial charge in [-0.05, 0) is 29.8 Å². The minimum absolute atomic E-state index is 0.0190. The summed E-state index contributed by atoms with van der Waals surface area (Å²) in [7, 11) is 3.10. The molecule has 3 amide bonds. The number of carbonyl (C=O) groups excluding carboxylic acids is 3. The second kappa shape index (κ2) is 11.1. The molecule has 2 aliphatic rings. The van der Waals surface area contributed by atoms with Crippen molar-refractivity contribution >= 4 is 23.4 Å². The lowest BCUT2D eigenvalue weighted by molar-refractivity contribution is -0.146. The van der Waals surface area contributed by atoms with Crippen molar-refractivity contribution in [3.8, 4) is 11.5 Å². The number of hydrogen-bond donors (Lipinski definition) is 1. The van der Waals surface area contributed by atoms with Crippen molar-refractivity contribution in [2.45, 2.75) is 18.9 Å². The van der Waals surface area contributed by atoms with Crippen LogP contribution in [0, 0.1) is 0 Å². The fraction of sp³-hybridized carbons (Fsp3) is 0.423. The summed E-state index contributed by atoms with van der Waals surface area (Å²) in [5.41, 5.74) is 1.89. The van der Waals surface area contributed by atoms with Gasteiger partial charge in [0, 0.05) is 45.0 Å². The van der Waals surface area contributed by atoms with Gasteiger partial charge in [-0.3, -0.25) is 14.4 Å². The van der Waals surface area contributed by atoms with E-state index in [0.717, 1.165) is 24.3 Å². The molecule has 2 aromatic carbocycles. The summed E-state index contributed by atoms with van der Waals surface area (Å²) in [6.45, 7) is 3.38. The highest BCUT2D eigenvalue weighted by Crippen LogP contribution is 2.28. The number of anilines is 1. The highest BCUT2D eigenvalue weighted by atomic mass is 16.5. The van der Waals surface area contributed by atoms with Gasteiger partial charge in [-0.25, -0.2) is 0 Å². The standard InChI is InChI=1S/C26H32N4O5/c1-34-22-9-8-19(16-23(22)35-2)17-25(32)30-11-10-27-26(33)21(30)18-24(31)29-14-12-28(13-15-29)20-6-4-3-5-7-20/h3-9,16,21H,10-15,17-18H2,1-2H3,(H,27,33)/t21-/m1/s1. The number of nitrogens with zero attached hydrogens (tertiary/aromatic N) is 3. The Kier molecular flexibility index (Phi) is 7.74. The number of hydrogen-bond acceptors (Lipinski definition) is 6. The topological polar surface area (TPSA) is 91.4 Å². The number of methoxy groups -OCH3 is 2. The van der Waals surface area contributed by atoms with Gasteiger partial charge in [-0.2, -0.15) is 0 Å². The van der Waals surface area contributed by atoms with Crippen molar-refractivity contribution in [3.63, 3.8) is 0 Å². The van der Waals surface area contributed by atoms with E-state index >= 15 is 0 Å². The lowest BCUT2D eigenvalue weighted by Crippen LogP contribution is -2.59. The van der Waals surface area contributed by atoms with Gasteiger partial charge in [0.2, 0.25) is 17.7 Å². The number of nitrogens with one attached hydrogen (secondary N) is 1. The van der Waals surface area contributed by atoms with E-state index in [4.69, 9.17) is 9.47 Å². The Morgan fingerprint density at radius 3 is 2.31 bits per heavy atom. The summed E-state index contributed by atoms with van der Waals surface area (Å²) in [6, 6.07) is 14.6. The van der Waals surface area contributed by atoms with Gasteiger partial charge in [-0.15, -0.1) is 0 Å². The third-order valence-electron chi connectivity index (χ3n) is 6.58. The van der Waals surface area contributed by atoms with Crippen molar-refractivity contribution in [2.75, 3.05) is 58.4 Å². The normalized spacial score (nSPS) is 18.2. The van der Waals surface area contributed by atoms with Gasteiger partial charge in [0.25, 0.3) is 0 Å². The van der Waals surface area contributed by atoms with Gasteiger partial charge < -0.3 is 29.5 Å². The molecule has 2 saturated heterocycles. The molecule has 2 aliphatic heterocycles.